The lowest BCUT2D eigenvalue weighted by atomic mass is 10.1. The Morgan fingerprint density at radius 3 is 2.67 bits per heavy atom. The highest BCUT2D eigenvalue weighted by Gasteiger charge is 2.30. The molecule has 1 aliphatic carbocycles. The third kappa shape index (κ3) is 4.05. The zero-order valence-corrected chi connectivity index (χ0v) is 18.0. The van der Waals surface area contributed by atoms with E-state index in [1.165, 1.54) is 29.5 Å². The molecule has 2 aromatic carbocycles. The van der Waals surface area contributed by atoms with Crippen molar-refractivity contribution >= 4 is 11.8 Å². The second-order valence-corrected chi connectivity index (χ2v) is 8.88. The van der Waals surface area contributed by atoms with Crippen LogP contribution < -0.4 is 0 Å². The molecule has 0 saturated heterocycles. The number of thioether (sulfide) groups is 1. The van der Waals surface area contributed by atoms with Gasteiger partial charge in [0, 0.05) is 17.2 Å². The summed E-state index contributed by atoms with van der Waals surface area (Å²) in [6.07, 6.45) is 4.17. The zero-order chi connectivity index (χ0) is 20.5. The van der Waals surface area contributed by atoms with E-state index in [1.807, 2.05) is 6.07 Å². The molecule has 1 saturated carbocycles. The third-order valence-electron chi connectivity index (χ3n) is 5.38. The number of hydrogen-bond acceptors (Lipinski definition) is 5. The molecule has 1 aliphatic rings. The molecule has 0 spiro atoms. The third-order valence-corrected chi connectivity index (χ3v) is 6.39. The van der Waals surface area contributed by atoms with Gasteiger partial charge in [0.1, 0.15) is 12.1 Å². The molecule has 5 nitrogen and oxygen atoms in total. The van der Waals surface area contributed by atoms with Gasteiger partial charge in [-0.1, -0.05) is 59.8 Å². The average Bonchev–Trinajstić information content (AvgIpc) is 3.35. The van der Waals surface area contributed by atoms with Crippen LogP contribution in [0, 0.1) is 13.8 Å². The van der Waals surface area contributed by atoms with Gasteiger partial charge in [0.05, 0.1) is 12.2 Å². The monoisotopic (exact) mass is 416 g/mol. The first kappa shape index (κ1) is 19.1. The van der Waals surface area contributed by atoms with Gasteiger partial charge in [0.25, 0.3) is 0 Å². The van der Waals surface area contributed by atoms with Gasteiger partial charge >= 0.3 is 0 Å². The van der Waals surface area contributed by atoms with Crippen LogP contribution in [-0.2, 0) is 12.3 Å². The molecule has 2 heterocycles. The molecule has 30 heavy (non-hydrogen) atoms. The first-order chi connectivity index (χ1) is 14.7. The van der Waals surface area contributed by atoms with Gasteiger partial charge in [0.2, 0.25) is 5.89 Å². The summed E-state index contributed by atoms with van der Waals surface area (Å²) < 4.78 is 8.04. The maximum Gasteiger partial charge on any atom is 0.226 e. The number of aryl methyl sites for hydroxylation is 2. The molecule has 4 aromatic rings. The van der Waals surface area contributed by atoms with Gasteiger partial charge in [-0.15, -0.1) is 10.2 Å². The van der Waals surface area contributed by atoms with Crippen molar-refractivity contribution in [1.29, 1.82) is 0 Å². The Balaban J connectivity index is 1.34. The molecule has 0 radical (unpaired) electrons. The highest BCUT2D eigenvalue weighted by atomic mass is 32.2. The summed E-state index contributed by atoms with van der Waals surface area (Å²) in [5.41, 5.74) is 5.63. The smallest absolute Gasteiger partial charge is 0.226 e. The molecule has 0 aliphatic heterocycles. The fourth-order valence-electron chi connectivity index (χ4n) is 3.65. The minimum absolute atomic E-state index is 0.554. The normalized spacial score (nSPS) is 13.7. The fraction of sp³-hybridized carbons (Fsp3) is 0.292. The molecule has 0 atom stereocenters. The predicted molar refractivity (Wildman–Crippen MR) is 119 cm³/mol. The molecule has 0 N–H and O–H groups in total. The molecule has 2 aromatic heterocycles. The van der Waals surface area contributed by atoms with E-state index >= 15 is 0 Å². The second-order valence-electron chi connectivity index (χ2n) is 7.94. The van der Waals surface area contributed by atoms with Crippen LogP contribution in [-0.4, -0.2) is 19.7 Å². The van der Waals surface area contributed by atoms with Crippen LogP contribution in [0.2, 0.25) is 0 Å². The zero-order valence-electron chi connectivity index (χ0n) is 17.2. The second kappa shape index (κ2) is 8.11. The van der Waals surface area contributed by atoms with Crippen molar-refractivity contribution in [2.24, 2.45) is 0 Å². The summed E-state index contributed by atoms with van der Waals surface area (Å²) in [6, 6.07) is 16.8. The van der Waals surface area contributed by atoms with Crippen LogP contribution >= 0.6 is 11.8 Å². The maximum absolute atomic E-state index is 5.77. The van der Waals surface area contributed by atoms with Crippen LogP contribution in [0.25, 0.3) is 11.5 Å². The van der Waals surface area contributed by atoms with Crippen molar-refractivity contribution in [2.75, 3.05) is 0 Å². The summed E-state index contributed by atoms with van der Waals surface area (Å²) in [4.78, 5) is 4.71. The van der Waals surface area contributed by atoms with Crippen LogP contribution in [0.4, 0.5) is 0 Å². The topological polar surface area (TPSA) is 56.7 Å². The molecule has 1 fully saturated rings. The molecule has 0 amide bonds. The Labute approximate surface area is 180 Å². The van der Waals surface area contributed by atoms with Crippen molar-refractivity contribution in [3.8, 4) is 11.5 Å². The molecule has 6 heteroatoms. The van der Waals surface area contributed by atoms with E-state index in [1.54, 1.807) is 18.0 Å². The summed E-state index contributed by atoms with van der Waals surface area (Å²) in [6.45, 7) is 4.98. The van der Waals surface area contributed by atoms with E-state index in [4.69, 9.17) is 9.40 Å². The summed E-state index contributed by atoms with van der Waals surface area (Å²) in [5, 5.41) is 9.94. The minimum Gasteiger partial charge on any atom is -0.444 e. The Morgan fingerprint density at radius 2 is 1.90 bits per heavy atom. The lowest BCUT2D eigenvalue weighted by Crippen LogP contribution is -2.06. The number of benzene rings is 2. The van der Waals surface area contributed by atoms with Crippen LogP contribution in [0.3, 0.4) is 0 Å². The van der Waals surface area contributed by atoms with Crippen molar-refractivity contribution in [1.82, 2.24) is 19.7 Å². The van der Waals surface area contributed by atoms with Gasteiger partial charge in [-0.2, -0.15) is 0 Å². The Bertz CT molecular complexity index is 1160. The molecule has 5 rings (SSSR count). The number of rotatable bonds is 7. The van der Waals surface area contributed by atoms with E-state index in [9.17, 15) is 0 Å². The fourth-order valence-corrected chi connectivity index (χ4v) is 4.48. The largest absolute Gasteiger partial charge is 0.444 e. The van der Waals surface area contributed by atoms with Gasteiger partial charge in [-0.05, 0) is 43.9 Å². The van der Waals surface area contributed by atoms with E-state index in [0.29, 0.717) is 17.6 Å². The Hall–Kier alpha value is -2.86. The Morgan fingerprint density at radius 1 is 1.07 bits per heavy atom. The SMILES string of the molecule is Cc1ccc(-c2nc(CSc3nnc(C4CC4)n3Cc3ccccc3)co2)c(C)c1. The van der Waals surface area contributed by atoms with Gasteiger partial charge in [0.15, 0.2) is 5.16 Å². The van der Waals surface area contributed by atoms with Gasteiger partial charge in [-0.25, -0.2) is 4.98 Å². The van der Waals surface area contributed by atoms with E-state index < -0.39 is 0 Å². The highest BCUT2D eigenvalue weighted by Crippen LogP contribution is 2.40. The number of nitrogens with zero attached hydrogens (tertiary/aromatic N) is 4. The molecule has 0 unspecified atom stereocenters. The summed E-state index contributed by atoms with van der Waals surface area (Å²) >= 11 is 1.67. The van der Waals surface area contributed by atoms with E-state index in [0.717, 1.165) is 28.8 Å². The first-order valence-electron chi connectivity index (χ1n) is 10.3. The van der Waals surface area contributed by atoms with Crippen molar-refractivity contribution < 1.29 is 4.42 Å². The van der Waals surface area contributed by atoms with Gasteiger partial charge < -0.3 is 8.98 Å². The highest BCUT2D eigenvalue weighted by molar-refractivity contribution is 7.98. The maximum atomic E-state index is 5.77. The average molecular weight is 417 g/mol. The lowest BCUT2D eigenvalue weighted by Gasteiger charge is -2.09. The van der Waals surface area contributed by atoms with Crippen LogP contribution in [0.15, 0.2) is 64.4 Å². The lowest BCUT2D eigenvalue weighted by molar-refractivity contribution is 0.573. The number of aromatic nitrogens is 4. The quantitative estimate of drug-likeness (QED) is 0.358. The van der Waals surface area contributed by atoms with Crippen molar-refractivity contribution in [3.63, 3.8) is 0 Å². The molecular weight excluding hydrogens is 392 g/mol. The Kier molecular flexibility index (Phi) is 5.17. The van der Waals surface area contributed by atoms with Crippen LogP contribution in [0.5, 0.6) is 0 Å². The van der Waals surface area contributed by atoms with E-state index in [2.05, 4.69) is 71.1 Å². The molecule has 0 bridgehead atoms. The van der Waals surface area contributed by atoms with Crippen molar-refractivity contribution in [2.45, 2.75) is 50.1 Å². The summed E-state index contributed by atoms with van der Waals surface area (Å²) in [7, 11) is 0. The minimum atomic E-state index is 0.554. The molecule has 152 valence electrons. The first-order valence-corrected chi connectivity index (χ1v) is 11.3. The van der Waals surface area contributed by atoms with Crippen molar-refractivity contribution in [3.05, 3.63) is 83.0 Å². The number of oxazole rings is 1. The standard InChI is InChI=1S/C24H24N4OS/c1-16-8-11-21(17(2)12-16)23-25-20(14-29-23)15-30-24-27-26-22(19-9-10-19)28(24)13-18-6-4-3-5-7-18/h3-8,11-12,14,19H,9-10,13,15H2,1-2H3. The summed E-state index contributed by atoms with van der Waals surface area (Å²) in [5.74, 6) is 3.04. The number of hydrogen-bond donors (Lipinski definition) is 0. The van der Waals surface area contributed by atoms with Crippen LogP contribution in [0.1, 0.15) is 47.0 Å². The van der Waals surface area contributed by atoms with E-state index in [-0.39, 0.29) is 0 Å². The van der Waals surface area contributed by atoms with Gasteiger partial charge in [-0.3, -0.25) is 0 Å². The predicted octanol–water partition coefficient (Wildman–Crippen LogP) is 5.77. The molecular formula is C24H24N4OS.